The van der Waals surface area contributed by atoms with Crippen LogP contribution >= 0.6 is 23.4 Å². The zero-order valence-electron chi connectivity index (χ0n) is 13.3. The van der Waals surface area contributed by atoms with E-state index in [0.717, 1.165) is 32.7 Å². The van der Waals surface area contributed by atoms with E-state index in [-0.39, 0.29) is 0 Å². The van der Waals surface area contributed by atoms with Crippen molar-refractivity contribution in [2.75, 3.05) is 5.73 Å². The fraction of sp³-hybridized carbons (Fsp3) is 0.0556. The van der Waals surface area contributed by atoms with Crippen molar-refractivity contribution >= 4 is 40.1 Å². The molecule has 0 amide bonds. The molecule has 2 aromatic carbocycles. The molecular formula is C18H14ClN5S. The van der Waals surface area contributed by atoms with Crippen LogP contribution in [-0.2, 0) is 0 Å². The predicted molar refractivity (Wildman–Crippen MR) is 102 cm³/mol. The maximum Gasteiger partial charge on any atom is 0.194 e. The molecule has 0 spiro atoms. The maximum atomic E-state index is 6.26. The van der Waals surface area contributed by atoms with Crippen molar-refractivity contribution in [3.63, 3.8) is 0 Å². The van der Waals surface area contributed by atoms with Crippen molar-refractivity contribution in [3.8, 4) is 11.3 Å². The van der Waals surface area contributed by atoms with Crippen LogP contribution in [0.3, 0.4) is 0 Å². The lowest BCUT2D eigenvalue weighted by Gasteiger charge is -2.08. The number of halogens is 1. The molecule has 0 fully saturated rings. The first kappa shape index (κ1) is 15.9. The zero-order chi connectivity index (χ0) is 17.4. The van der Waals surface area contributed by atoms with Gasteiger partial charge in [0.1, 0.15) is 5.82 Å². The van der Waals surface area contributed by atoms with Gasteiger partial charge in [0.2, 0.25) is 0 Å². The van der Waals surface area contributed by atoms with E-state index in [1.54, 1.807) is 0 Å². The fourth-order valence-electron chi connectivity index (χ4n) is 2.64. The Morgan fingerprint density at radius 1 is 1.08 bits per heavy atom. The van der Waals surface area contributed by atoms with Crippen molar-refractivity contribution in [1.82, 2.24) is 20.2 Å². The van der Waals surface area contributed by atoms with E-state index in [9.17, 15) is 0 Å². The topological polar surface area (TPSA) is 80.5 Å². The summed E-state index contributed by atoms with van der Waals surface area (Å²) in [7, 11) is 0. The van der Waals surface area contributed by atoms with Gasteiger partial charge in [0.25, 0.3) is 0 Å². The second kappa shape index (κ2) is 6.38. The highest BCUT2D eigenvalue weighted by atomic mass is 35.5. The van der Waals surface area contributed by atoms with Gasteiger partial charge in [-0.1, -0.05) is 29.8 Å². The van der Waals surface area contributed by atoms with Crippen LogP contribution in [0.25, 0.3) is 22.2 Å². The number of nitrogen functional groups attached to an aromatic ring is 1. The van der Waals surface area contributed by atoms with E-state index in [0.29, 0.717) is 16.0 Å². The number of H-pyrrole nitrogens is 1. The minimum absolute atomic E-state index is 0.436. The summed E-state index contributed by atoms with van der Waals surface area (Å²) in [6, 6.07) is 15.4. The molecule has 0 saturated heterocycles. The zero-order valence-corrected chi connectivity index (χ0v) is 14.9. The van der Waals surface area contributed by atoms with Gasteiger partial charge >= 0.3 is 0 Å². The number of hydrogen-bond acceptors (Lipinski definition) is 5. The summed E-state index contributed by atoms with van der Waals surface area (Å²) in [6.45, 7) is 1.96. The monoisotopic (exact) mass is 367 g/mol. The lowest BCUT2D eigenvalue weighted by atomic mass is 10.1. The Morgan fingerprint density at radius 3 is 2.68 bits per heavy atom. The van der Waals surface area contributed by atoms with E-state index < -0.39 is 0 Å². The summed E-state index contributed by atoms with van der Waals surface area (Å²) in [5, 5.41) is 9.34. The SMILES string of the molecule is Cc1cc(-c2cccc3nc(Sc4cccc(Cl)c4)nc(N)c23)n[nH]1. The van der Waals surface area contributed by atoms with Crippen LogP contribution in [0.1, 0.15) is 5.69 Å². The third-order valence-corrected chi connectivity index (χ3v) is 4.81. The predicted octanol–water partition coefficient (Wildman–Crippen LogP) is 4.72. The van der Waals surface area contributed by atoms with Crippen LogP contribution in [-0.4, -0.2) is 20.2 Å². The molecule has 4 rings (SSSR count). The molecule has 0 radical (unpaired) electrons. The van der Waals surface area contributed by atoms with E-state index in [1.165, 1.54) is 11.8 Å². The molecular weight excluding hydrogens is 354 g/mol. The van der Waals surface area contributed by atoms with Crippen molar-refractivity contribution in [2.24, 2.45) is 0 Å². The van der Waals surface area contributed by atoms with E-state index in [1.807, 2.05) is 55.5 Å². The molecule has 0 aliphatic heterocycles. The molecule has 2 heterocycles. The lowest BCUT2D eigenvalue weighted by molar-refractivity contribution is 1.01. The first-order chi connectivity index (χ1) is 12.1. The number of aryl methyl sites for hydroxylation is 1. The summed E-state index contributed by atoms with van der Waals surface area (Å²) in [5.74, 6) is 0.436. The lowest BCUT2D eigenvalue weighted by Crippen LogP contribution is -1.98. The number of nitrogens with one attached hydrogen (secondary N) is 1. The summed E-state index contributed by atoms with van der Waals surface area (Å²) in [4.78, 5) is 10.1. The quantitative estimate of drug-likeness (QED) is 0.512. The molecule has 0 atom stereocenters. The smallest absolute Gasteiger partial charge is 0.194 e. The third kappa shape index (κ3) is 3.18. The normalized spacial score (nSPS) is 11.1. The minimum Gasteiger partial charge on any atom is -0.383 e. The Labute approximate surface area is 153 Å². The Hall–Kier alpha value is -2.57. The van der Waals surface area contributed by atoms with Gasteiger partial charge in [0, 0.05) is 21.2 Å². The molecule has 25 heavy (non-hydrogen) atoms. The Bertz CT molecular complexity index is 1080. The number of nitrogens with two attached hydrogens (primary N) is 1. The molecule has 0 aliphatic carbocycles. The summed E-state index contributed by atoms with van der Waals surface area (Å²) < 4.78 is 0. The van der Waals surface area contributed by atoms with Gasteiger partial charge < -0.3 is 5.73 Å². The number of aromatic nitrogens is 4. The van der Waals surface area contributed by atoms with Gasteiger partial charge in [-0.2, -0.15) is 5.10 Å². The molecule has 0 bridgehead atoms. The summed E-state index contributed by atoms with van der Waals surface area (Å²) in [5.41, 5.74) is 9.77. The number of rotatable bonds is 3. The van der Waals surface area contributed by atoms with Crippen LogP contribution in [0.4, 0.5) is 5.82 Å². The molecule has 7 heteroatoms. The molecule has 124 valence electrons. The Kier molecular flexibility index (Phi) is 4.07. The highest BCUT2D eigenvalue weighted by molar-refractivity contribution is 7.99. The third-order valence-electron chi connectivity index (χ3n) is 3.72. The molecule has 2 aromatic heterocycles. The molecule has 0 aliphatic rings. The first-order valence-corrected chi connectivity index (χ1v) is 8.81. The largest absolute Gasteiger partial charge is 0.383 e. The van der Waals surface area contributed by atoms with Crippen molar-refractivity contribution in [2.45, 2.75) is 17.0 Å². The molecule has 0 saturated carbocycles. The molecule has 4 aromatic rings. The Balaban J connectivity index is 1.80. The average Bonchev–Trinajstić information content (AvgIpc) is 3.00. The van der Waals surface area contributed by atoms with Crippen molar-refractivity contribution in [1.29, 1.82) is 0 Å². The van der Waals surface area contributed by atoms with Crippen LogP contribution in [0.15, 0.2) is 58.6 Å². The van der Waals surface area contributed by atoms with E-state index >= 15 is 0 Å². The molecule has 3 N–H and O–H groups in total. The second-order valence-corrected chi connectivity index (χ2v) is 7.06. The number of nitrogens with zero attached hydrogens (tertiary/aromatic N) is 3. The van der Waals surface area contributed by atoms with Crippen molar-refractivity contribution in [3.05, 3.63) is 59.2 Å². The van der Waals surface area contributed by atoms with E-state index in [2.05, 4.69) is 20.2 Å². The first-order valence-electron chi connectivity index (χ1n) is 7.62. The molecule has 0 unspecified atom stereocenters. The number of aromatic amines is 1. The van der Waals surface area contributed by atoms with Gasteiger partial charge in [-0.25, -0.2) is 9.97 Å². The number of benzene rings is 2. The number of fused-ring (bicyclic) bond motifs is 1. The number of anilines is 1. The van der Waals surface area contributed by atoms with Crippen LogP contribution in [0.5, 0.6) is 0 Å². The fourth-order valence-corrected chi connectivity index (χ4v) is 3.73. The van der Waals surface area contributed by atoms with Crippen LogP contribution < -0.4 is 5.73 Å². The van der Waals surface area contributed by atoms with E-state index in [4.69, 9.17) is 17.3 Å². The number of hydrogen-bond donors (Lipinski definition) is 2. The van der Waals surface area contributed by atoms with Gasteiger partial charge in [-0.05, 0) is 49.0 Å². The summed E-state index contributed by atoms with van der Waals surface area (Å²) >= 11 is 7.47. The van der Waals surface area contributed by atoms with Crippen LogP contribution in [0, 0.1) is 6.92 Å². The second-order valence-electron chi connectivity index (χ2n) is 5.59. The van der Waals surface area contributed by atoms with Crippen molar-refractivity contribution < 1.29 is 0 Å². The van der Waals surface area contributed by atoms with Gasteiger partial charge in [0.05, 0.1) is 16.6 Å². The highest BCUT2D eigenvalue weighted by Gasteiger charge is 2.13. The van der Waals surface area contributed by atoms with Crippen LogP contribution in [0.2, 0.25) is 5.02 Å². The minimum atomic E-state index is 0.436. The summed E-state index contributed by atoms with van der Waals surface area (Å²) in [6.07, 6.45) is 0. The highest BCUT2D eigenvalue weighted by Crippen LogP contribution is 2.33. The molecule has 5 nitrogen and oxygen atoms in total. The van der Waals surface area contributed by atoms with Gasteiger partial charge in [-0.15, -0.1) is 0 Å². The Morgan fingerprint density at radius 2 is 1.92 bits per heavy atom. The average molecular weight is 368 g/mol. The standard InChI is InChI=1S/C18H14ClN5S/c1-10-8-15(24-23-10)13-6-3-7-14-16(13)17(20)22-18(21-14)25-12-5-2-4-11(19)9-12/h2-9H,1H3,(H,23,24)(H2,20,21,22). The van der Waals surface area contributed by atoms with Gasteiger partial charge in [-0.3, -0.25) is 5.10 Å². The van der Waals surface area contributed by atoms with Gasteiger partial charge in [0.15, 0.2) is 5.16 Å². The maximum absolute atomic E-state index is 6.26.